The van der Waals surface area contributed by atoms with Crippen LogP contribution in [0.2, 0.25) is 0 Å². The highest BCUT2D eigenvalue weighted by Crippen LogP contribution is 2.48. The van der Waals surface area contributed by atoms with Crippen molar-refractivity contribution in [3.05, 3.63) is 75.1 Å². The van der Waals surface area contributed by atoms with Gasteiger partial charge in [0.1, 0.15) is 11.3 Å². The number of fused-ring (bicyclic) bond motifs is 1. The molecule has 7 nitrogen and oxygen atoms in total. The minimum absolute atomic E-state index is 0.0926. The lowest BCUT2D eigenvalue weighted by Crippen LogP contribution is -2.46. The van der Waals surface area contributed by atoms with Crippen molar-refractivity contribution >= 4 is 22.6 Å². The van der Waals surface area contributed by atoms with E-state index in [-0.39, 0.29) is 22.2 Å². The molecule has 0 spiro atoms. The number of hydrogen-bond acceptors (Lipinski definition) is 5. The maximum absolute atomic E-state index is 15.9. The number of aromatic amines is 1. The lowest BCUT2D eigenvalue weighted by Gasteiger charge is -2.37. The Morgan fingerprint density at radius 2 is 1.76 bits per heavy atom. The van der Waals surface area contributed by atoms with Crippen LogP contribution in [0.3, 0.4) is 0 Å². The molecule has 0 amide bonds. The zero-order valence-corrected chi connectivity index (χ0v) is 17.9. The van der Waals surface area contributed by atoms with E-state index < -0.39 is 34.1 Å². The van der Waals surface area contributed by atoms with E-state index in [1.165, 1.54) is 5.56 Å². The first-order chi connectivity index (χ1) is 15.8. The summed E-state index contributed by atoms with van der Waals surface area (Å²) >= 11 is 0. The molecule has 4 N–H and O–H groups in total. The molecule has 0 unspecified atom stereocenters. The number of anilines is 1. The quantitative estimate of drug-likeness (QED) is 0.548. The van der Waals surface area contributed by atoms with Crippen LogP contribution < -0.4 is 16.1 Å². The first-order valence-electron chi connectivity index (χ1n) is 10.9. The molecule has 5 rings (SSSR count). The minimum atomic E-state index is -1.47. The van der Waals surface area contributed by atoms with Crippen molar-refractivity contribution in [1.82, 2.24) is 9.88 Å². The number of benzene rings is 2. The van der Waals surface area contributed by atoms with Crippen molar-refractivity contribution in [1.29, 1.82) is 0 Å². The Labute approximate surface area is 188 Å². The summed E-state index contributed by atoms with van der Waals surface area (Å²) in [6, 6.07) is 9.99. The van der Waals surface area contributed by atoms with E-state index in [9.17, 15) is 14.7 Å². The molecule has 2 heterocycles. The van der Waals surface area contributed by atoms with Crippen LogP contribution in [-0.2, 0) is 12.1 Å². The monoisotopic (exact) mass is 454 g/mol. The van der Waals surface area contributed by atoms with Gasteiger partial charge in [-0.3, -0.25) is 9.69 Å². The standard InChI is InChI=1S/C24H24F2N4O3/c25-18-17(24(27)6-7-24)16-20(28-12-15(22(16)31)23(32)33)19(26)21(18)30-10-8-29(9-11-30)13-14-4-2-1-3-5-14/h1-5,12H,6-11,13,27H2,(H,28,31)(H,32,33). The zero-order valence-electron chi connectivity index (χ0n) is 17.9. The summed E-state index contributed by atoms with van der Waals surface area (Å²) in [6.07, 6.45) is 1.83. The number of carboxylic acids is 1. The Morgan fingerprint density at radius 3 is 2.36 bits per heavy atom. The Kier molecular flexibility index (Phi) is 5.18. The van der Waals surface area contributed by atoms with Crippen LogP contribution >= 0.6 is 0 Å². The molecule has 0 atom stereocenters. The average Bonchev–Trinajstić information content (AvgIpc) is 3.54. The number of hydrogen-bond donors (Lipinski definition) is 3. The summed E-state index contributed by atoms with van der Waals surface area (Å²) < 4.78 is 31.5. The average molecular weight is 454 g/mol. The second kappa shape index (κ2) is 7.93. The number of aromatic nitrogens is 1. The third kappa shape index (κ3) is 3.67. The molecule has 9 heteroatoms. The summed E-state index contributed by atoms with van der Waals surface area (Å²) in [4.78, 5) is 30.7. The van der Waals surface area contributed by atoms with Gasteiger partial charge in [0.05, 0.1) is 10.9 Å². The van der Waals surface area contributed by atoms with Crippen LogP contribution in [0.5, 0.6) is 0 Å². The molecule has 1 aliphatic heterocycles. The first-order valence-corrected chi connectivity index (χ1v) is 10.9. The van der Waals surface area contributed by atoms with E-state index in [2.05, 4.69) is 9.88 Å². The van der Waals surface area contributed by atoms with E-state index in [0.717, 1.165) is 12.7 Å². The maximum Gasteiger partial charge on any atom is 0.341 e. The number of H-pyrrole nitrogens is 1. The number of aromatic carboxylic acids is 1. The number of nitrogens with zero attached hydrogens (tertiary/aromatic N) is 2. The number of piperazine rings is 1. The molecule has 0 radical (unpaired) electrons. The number of nitrogens with two attached hydrogens (primary N) is 1. The second-order valence-electron chi connectivity index (χ2n) is 8.84. The van der Waals surface area contributed by atoms with Gasteiger partial charge in [0.25, 0.3) is 0 Å². The Balaban J connectivity index is 1.54. The van der Waals surface area contributed by atoms with Crippen molar-refractivity contribution in [2.75, 3.05) is 31.1 Å². The highest BCUT2D eigenvalue weighted by atomic mass is 19.1. The van der Waals surface area contributed by atoms with Gasteiger partial charge in [0.2, 0.25) is 5.43 Å². The van der Waals surface area contributed by atoms with E-state index >= 15 is 8.78 Å². The van der Waals surface area contributed by atoms with Crippen molar-refractivity contribution in [2.24, 2.45) is 5.73 Å². The third-order valence-electron chi connectivity index (χ3n) is 6.64. The molecule has 33 heavy (non-hydrogen) atoms. The molecule has 0 bridgehead atoms. The van der Waals surface area contributed by atoms with E-state index in [1.807, 2.05) is 30.3 Å². The van der Waals surface area contributed by atoms with Gasteiger partial charge in [-0.05, 0) is 18.4 Å². The van der Waals surface area contributed by atoms with Gasteiger partial charge in [0, 0.05) is 50.0 Å². The van der Waals surface area contributed by atoms with Gasteiger partial charge < -0.3 is 20.7 Å². The molecule has 2 aromatic carbocycles. The summed E-state index contributed by atoms with van der Waals surface area (Å²) in [5.41, 5.74) is 4.34. The molecule has 1 aliphatic carbocycles. The van der Waals surface area contributed by atoms with Crippen molar-refractivity contribution in [3.8, 4) is 0 Å². The van der Waals surface area contributed by atoms with Gasteiger partial charge in [-0.2, -0.15) is 0 Å². The van der Waals surface area contributed by atoms with Crippen molar-refractivity contribution in [3.63, 3.8) is 0 Å². The number of carboxylic acid groups (broad SMARTS) is 1. The molecule has 2 fully saturated rings. The molecule has 3 aromatic rings. The van der Waals surface area contributed by atoms with Gasteiger partial charge >= 0.3 is 5.97 Å². The summed E-state index contributed by atoms with van der Waals surface area (Å²) in [5, 5.41) is 9.00. The minimum Gasteiger partial charge on any atom is -0.477 e. The topological polar surface area (TPSA) is 103 Å². The Morgan fingerprint density at radius 1 is 1.09 bits per heavy atom. The molecule has 172 valence electrons. The van der Waals surface area contributed by atoms with E-state index in [4.69, 9.17) is 5.73 Å². The summed E-state index contributed by atoms with van der Waals surface area (Å²) in [6.45, 7) is 2.79. The van der Waals surface area contributed by atoms with Gasteiger partial charge in [-0.1, -0.05) is 30.3 Å². The third-order valence-corrected chi connectivity index (χ3v) is 6.64. The fraction of sp³-hybridized carbons (Fsp3) is 0.333. The maximum atomic E-state index is 15.9. The molecule has 1 saturated carbocycles. The number of carbonyl (C=O) groups is 1. The van der Waals surface area contributed by atoms with Gasteiger partial charge in [0.15, 0.2) is 11.6 Å². The van der Waals surface area contributed by atoms with E-state index in [0.29, 0.717) is 39.0 Å². The van der Waals surface area contributed by atoms with Crippen molar-refractivity contribution in [2.45, 2.75) is 24.9 Å². The van der Waals surface area contributed by atoms with Gasteiger partial charge in [-0.15, -0.1) is 0 Å². The molecule has 2 aliphatic rings. The predicted octanol–water partition coefficient (Wildman–Crippen LogP) is 2.77. The molecule has 1 aromatic heterocycles. The van der Waals surface area contributed by atoms with Crippen LogP contribution in [0, 0.1) is 11.6 Å². The molecular formula is C24H24F2N4O3. The summed E-state index contributed by atoms with van der Waals surface area (Å²) in [5.74, 6) is -3.24. The lowest BCUT2D eigenvalue weighted by atomic mass is 9.95. The van der Waals surface area contributed by atoms with Crippen LogP contribution in [-0.4, -0.2) is 47.1 Å². The summed E-state index contributed by atoms with van der Waals surface area (Å²) in [7, 11) is 0. The largest absolute Gasteiger partial charge is 0.477 e. The first kappa shape index (κ1) is 21.5. The zero-order chi connectivity index (χ0) is 23.3. The highest BCUT2D eigenvalue weighted by Gasteiger charge is 2.46. The SMILES string of the molecule is NC1(c2c(F)c(N3CCN(Cc4ccccc4)CC3)c(F)c3[nH]cc(C(=O)O)c(=O)c23)CC1. The van der Waals surface area contributed by atoms with Crippen LogP contribution in [0.15, 0.2) is 41.3 Å². The normalized spacial score (nSPS) is 18.0. The predicted molar refractivity (Wildman–Crippen MR) is 120 cm³/mol. The van der Waals surface area contributed by atoms with Crippen LogP contribution in [0.4, 0.5) is 14.5 Å². The number of nitrogens with one attached hydrogen (secondary N) is 1. The lowest BCUT2D eigenvalue weighted by molar-refractivity contribution is 0.0695. The highest BCUT2D eigenvalue weighted by molar-refractivity contribution is 5.95. The Bertz CT molecular complexity index is 1300. The Hall–Kier alpha value is -3.30. The van der Waals surface area contributed by atoms with E-state index in [1.54, 1.807) is 4.90 Å². The molecular weight excluding hydrogens is 430 g/mol. The fourth-order valence-corrected chi connectivity index (χ4v) is 4.64. The van der Waals surface area contributed by atoms with Gasteiger partial charge in [-0.25, -0.2) is 13.6 Å². The number of pyridine rings is 1. The van der Waals surface area contributed by atoms with Crippen LogP contribution in [0.25, 0.3) is 10.9 Å². The second-order valence-corrected chi connectivity index (χ2v) is 8.84. The van der Waals surface area contributed by atoms with Crippen molar-refractivity contribution < 1.29 is 18.7 Å². The van der Waals surface area contributed by atoms with Crippen LogP contribution in [0.1, 0.15) is 34.3 Å². The number of halogens is 2. The smallest absolute Gasteiger partial charge is 0.341 e. The number of rotatable bonds is 5. The fourth-order valence-electron chi connectivity index (χ4n) is 4.64. The molecule has 1 saturated heterocycles.